The molecule has 0 aromatic rings. The van der Waals surface area contributed by atoms with Crippen LogP contribution < -0.4 is 5.32 Å². The Hall–Kier alpha value is -2.37. The van der Waals surface area contributed by atoms with Crippen LogP contribution in [0.2, 0.25) is 0 Å². The third kappa shape index (κ3) is 11.8. The van der Waals surface area contributed by atoms with Gasteiger partial charge in [-0.2, -0.15) is 5.10 Å². The number of unbranched alkanes of at least 4 members (excludes halogenated alkanes) is 1. The minimum atomic E-state index is -0.466. The van der Waals surface area contributed by atoms with Gasteiger partial charge in [-0.25, -0.2) is 4.79 Å². The zero-order chi connectivity index (χ0) is 20.9. The van der Waals surface area contributed by atoms with Crippen LogP contribution in [0.3, 0.4) is 0 Å². The van der Waals surface area contributed by atoms with E-state index in [-0.39, 0.29) is 6.09 Å². The molecule has 1 N–H and O–H groups in total. The Bertz CT molecular complexity index is 583. The molecule has 1 amide bonds. The predicted octanol–water partition coefficient (Wildman–Crippen LogP) is 4.71. The first-order valence-electron chi connectivity index (χ1n) is 9.28. The van der Waals surface area contributed by atoms with E-state index >= 15 is 0 Å². The lowest BCUT2D eigenvalue weighted by Gasteiger charge is -2.19. The molecule has 0 aliphatic carbocycles. The fourth-order valence-corrected chi connectivity index (χ4v) is 2.31. The molecule has 0 saturated carbocycles. The van der Waals surface area contributed by atoms with Crippen molar-refractivity contribution in [2.45, 2.75) is 59.0 Å². The van der Waals surface area contributed by atoms with Crippen molar-refractivity contribution in [3.8, 4) is 0 Å². The van der Waals surface area contributed by atoms with Crippen LogP contribution in [0, 0.1) is 0 Å². The number of ether oxygens (including phenoxy) is 1. The van der Waals surface area contributed by atoms with E-state index in [9.17, 15) is 4.79 Å². The van der Waals surface area contributed by atoms with Crippen LogP contribution in [0.25, 0.3) is 0 Å². The number of amidine groups is 1. The van der Waals surface area contributed by atoms with Crippen molar-refractivity contribution >= 4 is 18.6 Å². The summed E-state index contributed by atoms with van der Waals surface area (Å²) in [6, 6.07) is 0. The standard InChI is InChI=1S/C21H36N4O2/c1-9-18(14-10-11-16-24-20(26)27-21(3,4)5)17(2)13-12-15-19(22-6)25(8)23-7/h9,12,15H,2,7,10-11,13-14,16H2,1,3-6,8H3,(H,24,26)/b15-12-,18-9+,22-19?. The molecular formula is C21H36N4O2. The molecule has 0 heterocycles. The first kappa shape index (κ1) is 24.6. The highest BCUT2D eigenvalue weighted by molar-refractivity contribution is 5.92. The van der Waals surface area contributed by atoms with E-state index in [0.29, 0.717) is 6.54 Å². The van der Waals surface area contributed by atoms with Crippen LogP contribution in [0.5, 0.6) is 0 Å². The molecular weight excluding hydrogens is 340 g/mol. The summed E-state index contributed by atoms with van der Waals surface area (Å²) in [5.74, 6) is 0.744. The van der Waals surface area contributed by atoms with E-state index in [4.69, 9.17) is 4.74 Å². The van der Waals surface area contributed by atoms with Crippen molar-refractivity contribution in [1.29, 1.82) is 0 Å². The summed E-state index contributed by atoms with van der Waals surface area (Å²) in [7, 11) is 3.52. The van der Waals surface area contributed by atoms with Gasteiger partial charge in [-0.15, -0.1) is 0 Å². The second-order valence-electron chi connectivity index (χ2n) is 7.16. The highest BCUT2D eigenvalue weighted by Crippen LogP contribution is 2.19. The van der Waals surface area contributed by atoms with Crippen LogP contribution in [-0.2, 0) is 4.74 Å². The van der Waals surface area contributed by atoms with Gasteiger partial charge in [-0.1, -0.05) is 18.7 Å². The van der Waals surface area contributed by atoms with Crippen LogP contribution in [-0.4, -0.2) is 49.9 Å². The molecule has 0 unspecified atom stereocenters. The predicted molar refractivity (Wildman–Crippen MR) is 115 cm³/mol. The molecule has 0 aromatic heterocycles. The molecule has 0 bridgehead atoms. The molecule has 0 aromatic carbocycles. The van der Waals surface area contributed by atoms with Gasteiger partial charge in [0.1, 0.15) is 11.4 Å². The van der Waals surface area contributed by atoms with Crippen molar-refractivity contribution in [3.63, 3.8) is 0 Å². The molecule has 6 heteroatoms. The third-order valence-electron chi connectivity index (χ3n) is 3.75. The molecule has 0 atom stereocenters. The second kappa shape index (κ2) is 12.9. The average molecular weight is 377 g/mol. The summed E-state index contributed by atoms with van der Waals surface area (Å²) >= 11 is 0. The lowest BCUT2D eigenvalue weighted by atomic mass is 9.98. The molecule has 0 fully saturated rings. The number of amides is 1. The SMILES string of the molecule is C=NN(C)C(/C=C\CC(=C)/C(=C/C)CCCCNC(=O)OC(C)(C)C)=NC. The normalized spacial score (nSPS) is 12.8. The van der Waals surface area contributed by atoms with Gasteiger partial charge in [0.2, 0.25) is 0 Å². The molecule has 0 rings (SSSR count). The summed E-state index contributed by atoms with van der Waals surface area (Å²) < 4.78 is 5.22. The molecule has 0 aliphatic heterocycles. The Morgan fingerprint density at radius 3 is 2.48 bits per heavy atom. The van der Waals surface area contributed by atoms with E-state index in [1.165, 1.54) is 5.57 Å². The van der Waals surface area contributed by atoms with Gasteiger partial charge in [0.05, 0.1) is 0 Å². The topological polar surface area (TPSA) is 66.3 Å². The van der Waals surface area contributed by atoms with Crippen molar-refractivity contribution < 1.29 is 9.53 Å². The third-order valence-corrected chi connectivity index (χ3v) is 3.75. The minimum absolute atomic E-state index is 0.365. The smallest absolute Gasteiger partial charge is 0.407 e. The van der Waals surface area contributed by atoms with Gasteiger partial charge in [-0.3, -0.25) is 10.0 Å². The molecule has 0 radical (unpaired) electrons. The van der Waals surface area contributed by atoms with Crippen molar-refractivity contribution in [1.82, 2.24) is 10.3 Å². The Morgan fingerprint density at radius 1 is 1.30 bits per heavy atom. The number of nitrogens with zero attached hydrogens (tertiary/aromatic N) is 3. The maximum Gasteiger partial charge on any atom is 0.407 e. The van der Waals surface area contributed by atoms with Crippen LogP contribution in [0.4, 0.5) is 4.79 Å². The number of hydrogen-bond acceptors (Lipinski definition) is 4. The molecule has 6 nitrogen and oxygen atoms in total. The Kier molecular flexibility index (Phi) is 11.8. The van der Waals surface area contributed by atoms with Crippen LogP contribution in [0.15, 0.2) is 46.0 Å². The number of alkyl carbamates (subject to hydrolysis) is 1. The van der Waals surface area contributed by atoms with E-state index in [2.05, 4.69) is 34.8 Å². The fraction of sp³-hybridized carbons (Fsp3) is 0.571. The summed E-state index contributed by atoms with van der Waals surface area (Å²) in [6.07, 6.45) is 9.23. The number of likely N-dealkylation sites (N-methyl/N-ethyl adjacent to an activating group) is 1. The first-order chi connectivity index (χ1) is 12.6. The number of allylic oxidation sites excluding steroid dienone is 4. The number of hydrogen-bond donors (Lipinski definition) is 1. The maximum atomic E-state index is 11.6. The van der Waals surface area contributed by atoms with Gasteiger partial charge in [-0.05, 0) is 70.6 Å². The summed E-state index contributed by atoms with van der Waals surface area (Å²) in [4.78, 5) is 15.8. The molecule has 152 valence electrons. The van der Waals surface area contributed by atoms with Crippen molar-refractivity contribution in [3.05, 3.63) is 36.0 Å². The van der Waals surface area contributed by atoms with E-state index < -0.39 is 5.60 Å². The Balaban J connectivity index is 4.25. The van der Waals surface area contributed by atoms with Crippen LogP contribution >= 0.6 is 0 Å². The highest BCUT2D eigenvalue weighted by Gasteiger charge is 2.15. The van der Waals surface area contributed by atoms with Gasteiger partial charge < -0.3 is 10.1 Å². The summed E-state index contributed by atoms with van der Waals surface area (Å²) in [6.45, 7) is 15.9. The quantitative estimate of drug-likeness (QED) is 0.197. The molecule has 0 saturated heterocycles. The maximum absolute atomic E-state index is 11.6. The number of carbonyl (C=O) groups excluding carboxylic acids is 1. The number of nitrogens with one attached hydrogen (secondary N) is 1. The molecule has 27 heavy (non-hydrogen) atoms. The zero-order valence-corrected chi connectivity index (χ0v) is 17.8. The Morgan fingerprint density at radius 2 is 1.96 bits per heavy atom. The van der Waals surface area contributed by atoms with Crippen molar-refractivity contribution in [2.24, 2.45) is 10.1 Å². The van der Waals surface area contributed by atoms with E-state index in [1.807, 2.05) is 39.8 Å². The van der Waals surface area contributed by atoms with E-state index in [1.54, 1.807) is 19.1 Å². The summed E-state index contributed by atoms with van der Waals surface area (Å²) in [5.41, 5.74) is 1.85. The average Bonchev–Trinajstić information content (AvgIpc) is 2.59. The van der Waals surface area contributed by atoms with Crippen molar-refractivity contribution in [2.75, 3.05) is 20.6 Å². The lowest BCUT2D eigenvalue weighted by Crippen LogP contribution is -2.32. The van der Waals surface area contributed by atoms with Gasteiger partial charge >= 0.3 is 6.09 Å². The zero-order valence-electron chi connectivity index (χ0n) is 17.8. The number of rotatable bonds is 10. The van der Waals surface area contributed by atoms with Gasteiger partial charge in [0.15, 0.2) is 0 Å². The van der Waals surface area contributed by atoms with Gasteiger partial charge in [0.25, 0.3) is 0 Å². The second-order valence-corrected chi connectivity index (χ2v) is 7.16. The monoisotopic (exact) mass is 376 g/mol. The fourth-order valence-electron chi connectivity index (χ4n) is 2.31. The van der Waals surface area contributed by atoms with E-state index in [0.717, 1.165) is 37.1 Å². The summed E-state index contributed by atoms with van der Waals surface area (Å²) in [5, 5.41) is 8.23. The number of carbonyl (C=O) groups is 1. The lowest BCUT2D eigenvalue weighted by molar-refractivity contribution is 0.0527. The molecule has 0 spiro atoms. The number of hydrazone groups is 1. The van der Waals surface area contributed by atoms with Crippen LogP contribution in [0.1, 0.15) is 53.4 Å². The highest BCUT2D eigenvalue weighted by atomic mass is 16.6. The van der Waals surface area contributed by atoms with Gasteiger partial charge in [0, 0.05) is 27.4 Å². The first-order valence-corrected chi connectivity index (χ1v) is 9.28. The molecule has 0 aliphatic rings. The minimum Gasteiger partial charge on any atom is -0.444 e. The number of aliphatic imine (C=N–C) groups is 1. The Labute approximate surface area is 164 Å². The largest absolute Gasteiger partial charge is 0.444 e.